The molecule has 43 heavy (non-hydrogen) atoms. The van der Waals surface area contributed by atoms with E-state index in [1.165, 1.54) is 30.3 Å². The number of aromatic hydroxyl groups is 1. The van der Waals surface area contributed by atoms with E-state index in [1.54, 1.807) is 0 Å². The minimum Gasteiger partial charge on any atom is -0.508 e. The number of aliphatic hydroxyl groups excluding tert-OH is 9. The highest BCUT2D eigenvalue weighted by Gasteiger charge is 2.68. The van der Waals surface area contributed by atoms with E-state index >= 15 is 0 Å². The number of Topliss-reactive ketones (excluding diaryl/α,β-unsaturated/α-hetero) is 3. The van der Waals surface area contributed by atoms with Crippen LogP contribution in [0.5, 0.6) is 5.75 Å². The third-order valence-corrected chi connectivity index (χ3v) is 7.90. The molecule has 4 rings (SSSR count). The molecule has 0 amide bonds. The fraction of sp³-hybridized carbons (Fsp3) is 0.519. The van der Waals surface area contributed by atoms with E-state index in [1.807, 2.05) is 0 Å². The van der Waals surface area contributed by atoms with E-state index in [4.69, 9.17) is 9.47 Å². The Labute approximate surface area is 242 Å². The van der Waals surface area contributed by atoms with Crippen molar-refractivity contribution in [2.75, 3.05) is 13.2 Å². The van der Waals surface area contributed by atoms with Crippen LogP contribution >= 0.6 is 0 Å². The predicted octanol–water partition coefficient (Wildman–Crippen LogP) is -5.03. The van der Waals surface area contributed by atoms with Crippen LogP contribution < -0.4 is 0 Å². The molecule has 1 aromatic carbocycles. The second-order valence-corrected chi connectivity index (χ2v) is 10.5. The fourth-order valence-electron chi connectivity index (χ4n) is 5.43. The van der Waals surface area contributed by atoms with Gasteiger partial charge in [0.05, 0.1) is 13.2 Å². The molecule has 16 nitrogen and oxygen atoms in total. The largest absolute Gasteiger partial charge is 0.508 e. The van der Waals surface area contributed by atoms with E-state index in [0.717, 1.165) is 6.08 Å². The lowest BCUT2D eigenvalue weighted by Crippen LogP contribution is -2.74. The van der Waals surface area contributed by atoms with Crippen molar-refractivity contribution in [3.8, 4) is 5.75 Å². The van der Waals surface area contributed by atoms with E-state index < -0.39 is 114 Å². The summed E-state index contributed by atoms with van der Waals surface area (Å²) in [5.74, 6) is -8.80. The Morgan fingerprint density at radius 2 is 1.33 bits per heavy atom. The van der Waals surface area contributed by atoms with Gasteiger partial charge in [-0.3, -0.25) is 14.4 Å². The summed E-state index contributed by atoms with van der Waals surface area (Å²) in [4.78, 5) is 41.3. The lowest BCUT2D eigenvalue weighted by molar-refractivity contribution is -0.266. The first kappa shape index (κ1) is 32.8. The van der Waals surface area contributed by atoms with E-state index in [-0.39, 0.29) is 5.75 Å². The SMILES string of the molecule is O=C1C(=C(O)C=Cc2ccc(O)cc2)C(=O)C(O)([C@@H]2O[C@H](CO)[C@@H](O)[C@H](O)[C@H]2O)C(=O)C1[C@@H]1O[C@H](CO)[C@@H](O)[C@H](O)[C@H]1O. The number of ether oxygens (including phenoxy) is 2. The summed E-state index contributed by atoms with van der Waals surface area (Å²) in [6, 6.07) is 5.34. The minimum absolute atomic E-state index is 0.0946. The lowest BCUT2D eigenvalue weighted by Gasteiger charge is -2.49. The van der Waals surface area contributed by atoms with Crippen LogP contribution in [0.4, 0.5) is 0 Å². The average molecular weight is 613 g/mol. The molecule has 12 atom stereocenters. The maximum absolute atomic E-state index is 13.9. The van der Waals surface area contributed by atoms with Gasteiger partial charge in [-0.25, -0.2) is 0 Å². The number of rotatable bonds is 6. The molecule has 2 aliphatic heterocycles. The number of carbonyl (C=O) groups is 3. The van der Waals surface area contributed by atoms with Gasteiger partial charge in [-0.2, -0.15) is 0 Å². The minimum atomic E-state index is -3.64. The fourth-order valence-corrected chi connectivity index (χ4v) is 5.43. The molecule has 1 aliphatic carbocycles. The van der Waals surface area contributed by atoms with Crippen LogP contribution in [-0.2, 0) is 23.9 Å². The number of phenolic OH excluding ortho intramolecular Hbond substituents is 1. The first-order chi connectivity index (χ1) is 20.2. The molecule has 1 saturated carbocycles. The molecule has 0 aromatic heterocycles. The molecule has 1 aromatic rings. The zero-order chi connectivity index (χ0) is 32.0. The Morgan fingerprint density at radius 3 is 1.88 bits per heavy atom. The Morgan fingerprint density at radius 1 is 0.791 bits per heavy atom. The summed E-state index contributed by atoms with van der Waals surface area (Å²) in [5, 5.41) is 113. The quantitative estimate of drug-likeness (QED) is 0.0620. The van der Waals surface area contributed by atoms with Crippen molar-refractivity contribution in [3.05, 3.63) is 47.2 Å². The topological polar surface area (TPSA) is 292 Å². The number of hydrogen-bond acceptors (Lipinski definition) is 16. The monoisotopic (exact) mass is 612 g/mol. The molecule has 236 valence electrons. The van der Waals surface area contributed by atoms with Crippen LogP contribution in [0.25, 0.3) is 6.08 Å². The van der Waals surface area contributed by atoms with Crippen LogP contribution in [0, 0.1) is 5.92 Å². The van der Waals surface area contributed by atoms with Gasteiger partial charge in [-0.15, -0.1) is 0 Å². The number of benzene rings is 1. The zero-order valence-corrected chi connectivity index (χ0v) is 22.2. The Balaban J connectivity index is 1.88. The van der Waals surface area contributed by atoms with Gasteiger partial charge in [-0.1, -0.05) is 18.2 Å². The summed E-state index contributed by atoms with van der Waals surface area (Å²) in [6.45, 7) is -2.01. The first-order valence-electron chi connectivity index (χ1n) is 13.1. The molecule has 2 heterocycles. The Kier molecular flexibility index (Phi) is 9.50. The van der Waals surface area contributed by atoms with Gasteiger partial charge in [0.25, 0.3) is 0 Å². The van der Waals surface area contributed by atoms with Gasteiger partial charge < -0.3 is 65.6 Å². The number of carbonyl (C=O) groups excluding carboxylic acids is 3. The maximum atomic E-state index is 13.9. The van der Waals surface area contributed by atoms with Crippen LogP contribution in [-0.4, -0.2) is 153 Å². The van der Waals surface area contributed by atoms with Crippen LogP contribution in [0.3, 0.4) is 0 Å². The van der Waals surface area contributed by atoms with Crippen molar-refractivity contribution >= 4 is 23.4 Å². The number of phenols is 1. The predicted molar refractivity (Wildman–Crippen MR) is 138 cm³/mol. The molecule has 0 bridgehead atoms. The summed E-state index contributed by atoms with van der Waals surface area (Å²) in [7, 11) is 0. The molecule has 0 radical (unpaired) electrons. The normalized spacial score (nSPS) is 42.0. The maximum Gasteiger partial charge on any atom is 0.216 e. The molecule has 2 unspecified atom stereocenters. The highest BCUT2D eigenvalue weighted by molar-refractivity contribution is 6.39. The molecule has 3 fully saturated rings. The van der Waals surface area contributed by atoms with Crippen molar-refractivity contribution in [2.24, 2.45) is 5.92 Å². The van der Waals surface area contributed by atoms with Crippen molar-refractivity contribution < 1.29 is 80.0 Å². The third kappa shape index (κ3) is 5.52. The summed E-state index contributed by atoms with van der Waals surface area (Å²) in [5.41, 5.74) is -4.55. The number of hydrogen-bond donors (Lipinski definition) is 11. The van der Waals surface area contributed by atoms with Gasteiger partial charge in [0, 0.05) is 0 Å². The molecule has 16 heteroatoms. The Bertz CT molecular complexity index is 1290. The Hall–Kier alpha value is -3.13. The van der Waals surface area contributed by atoms with Crippen molar-refractivity contribution in [3.63, 3.8) is 0 Å². The average Bonchev–Trinajstić information content (AvgIpc) is 2.98. The third-order valence-electron chi connectivity index (χ3n) is 7.90. The van der Waals surface area contributed by atoms with Crippen molar-refractivity contribution in [1.29, 1.82) is 0 Å². The summed E-state index contributed by atoms with van der Waals surface area (Å²) < 4.78 is 10.6. The summed E-state index contributed by atoms with van der Waals surface area (Å²) in [6.07, 6.45) is -18.8. The lowest BCUT2D eigenvalue weighted by atomic mass is 9.64. The van der Waals surface area contributed by atoms with E-state index in [0.29, 0.717) is 5.56 Å². The molecule has 3 aliphatic rings. The smallest absolute Gasteiger partial charge is 0.216 e. The highest BCUT2D eigenvalue weighted by atomic mass is 16.6. The molecule has 2 saturated heterocycles. The highest BCUT2D eigenvalue weighted by Crippen LogP contribution is 2.41. The van der Waals surface area contributed by atoms with Crippen molar-refractivity contribution in [1.82, 2.24) is 0 Å². The molecule has 11 N–H and O–H groups in total. The number of ketones is 3. The van der Waals surface area contributed by atoms with Gasteiger partial charge in [0.15, 0.2) is 11.6 Å². The van der Waals surface area contributed by atoms with E-state index in [2.05, 4.69) is 0 Å². The molecule has 0 spiro atoms. The van der Waals surface area contributed by atoms with E-state index in [9.17, 15) is 70.6 Å². The standard InChI is InChI=1S/C27H32O16/c28-7-12-16(32)19(35)21(37)23(42-12)15-18(34)14(11(31)6-3-9-1-4-10(30)5-2-9)24(39)27(41,25(15)40)26-22(38)20(36)17(33)13(8-29)43-26/h1-6,12-13,15-17,19-23,26,28-33,35-38,41H,7-8H2/t12-,13-,15?,16-,17-,19+,20+,21-,22-,23+,26-,27?/m1/s1. The van der Waals surface area contributed by atoms with Crippen LogP contribution in [0.2, 0.25) is 0 Å². The van der Waals surface area contributed by atoms with Crippen LogP contribution in [0.15, 0.2) is 41.7 Å². The summed E-state index contributed by atoms with van der Waals surface area (Å²) >= 11 is 0. The first-order valence-corrected chi connectivity index (χ1v) is 13.1. The number of aliphatic hydroxyl groups is 10. The van der Waals surface area contributed by atoms with Crippen LogP contribution in [0.1, 0.15) is 5.56 Å². The molecular formula is C27H32O16. The molecular weight excluding hydrogens is 580 g/mol. The second-order valence-electron chi connectivity index (χ2n) is 10.5. The van der Waals surface area contributed by atoms with Crippen molar-refractivity contribution in [2.45, 2.75) is 66.6 Å². The second kappa shape index (κ2) is 12.5. The van der Waals surface area contributed by atoms with Gasteiger partial charge in [-0.05, 0) is 23.8 Å². The number of allylic oxidation sites excluding steroid dienone is 1. The van der Waals surface area contributed by atoms with Gasteiger partial charge >= 0.3 is 0 Å². The van der Waals surface area contributed by atoms with Gasteiger partial charge in [0.2, 0.25) is 11.4 Å². The van der Waals surface area contributed by atoms with Gasteiger partial charge in [0.1, 0.15) is 84.0 Å². The zero-order valence-electron chi connectivity index (χ0n) is 22.2.